The van der Waals surface area contributed by atoms with Crippen LogP contribution in [0.2, 0.25) is 0 Å². The molecule has 0 amide bonds. The number of benzene rings is 1. The maximum Gasteiger partial charge on any atom is 0.123 e. The molecular weight excluding hydrogens is 175 g/mol. The average Bonchev–Trinajstić information content (AvgIpc) is 2.09. The van der Waals surface area contributed by atoms with Gasteiger partial charge in [-0.05, 0) is 48.4 Å². The molecule has 1 atom stereocenters. The van der Waals surface area contributed by atoms with Gasteiger partial charge in [-0.15, -0.1) is 0 Å². The molecule has 0 aliphatic heterocycles. The molecule has 0 N–H and O–H groups in total. The van der Waals surface area contributed by atoms with Gasteiger partial charge in [0.1, 0.15) is 5.82 Å². The number of hydrogen-bond acceptors (Lipinski definition) is 0. The summed E-state index contributed by atoms with van der Waals surface area (Å²) < 4.78 is 12.9. The van der Waals surface area contributed by atoms with Crippen LogP contribution in [0.5, 0.6) is 0 Å². The monoisotopic (exact) mass is 194 g/mol. The summed E-state index contributed by atoms with van der Waals surface area (Å²) in [5, 5.41) is 0. The van der Waals surface area contributed by atoms with E-state index in [1.54, 1.807) is 12.1 Å². The molecule has 1 heteroatoms. The van der Waals surface area contributed by atoms with E-state index in [-0.39, 0.29) is 5.82 Å². The first kappa shape index (κ1) is 11.2. The third kappa shape index (κ3) is 2.34. The lowest BCUT2D eigenvalue weighted by Gasteiger charge is -2.21. The summed E-state index contributed by atoms with van der Waals surface area (Å²) in [6.07, 6.45) is 1.12. The van der Waals surface area contributed by atoms with Crippen molar-refractivity contribution in [2.75, 3.05) is 0 Å². The summed E-state index contributed by atoms with van der Waals surface area (Å²) in [5.74, 6) is 1.03. The van der Waals surface area contributed by atoms with Crippen LogP contribution in [0.4, 0.5) is 4.39 Å². The number of hydrogen-bond donors (Lipinski definition) is 0. The van der Waals surface area contributed by atoms with E-state index in [1.807, 2.05) is 13.0 Å². The van der Waals surface area contributed by atoms with Crippen molar-refractivity contribution >= 4 is 0 Å². The van der Waals surface area contributed by atoms with Gasteiger partial charge in [0.2, 0.25) is 0 Å². The van der Waals surface area contributed by atoms with Crippen LogP contribution in [0.25, 0.3) is 0 Å². The fourth-order valence-electron chi connectivity index (χ4n) is 2.11. The molecule has 1 unspecified atom stereocenters. The van der Waals surface area contributed by atoms with Crippen molar-refractivity contribution < 1.29 is 4.39 Å². The van der Waals surface area contributed by atoms with E-state index in [2.05, 4.69) is 20.8 Å². The Morgan fingerprint density at radius 1 is 1.29 bits per heavy atom. The summed E-state index contributed by atoms with van der Waals surface area (Å²) in [4.78, 5) is 0. The van der Waals surface area contributed by atoms with Crippen LogP contribution in [-0.2, 0) is 0 Å². The van der Waals surface area contributed by atoms with E-state index < -0.39 is 0 Å². The normalized spacial score (nSPS) is 13.3. The Morgan fingerprint density at radius 2 is 1.93 bits per heavy atom. The van der Waals surface area contributed by atoms with Crippen LogP contribution in [-0.4, -0.2) is 0 Å². The zero-order valence-electron chi connectivity index (χ0n) is 9.47. The van der Waals surface area contributed by atoms with Gasteiger partial charge < -0.3 is 0 Å². The van der Waals surface area contributed by atoms with Gasteiger partial charge in [-0.1, -0.05) is 26.8 Å². The van der Waals surface area contributed by atoms with Crippen LogP contribution in [0.15, 0.2) is 18.2 Å². The second-order valence-electron chi connectivity index (χ2n) is 4.26. The lowest BCUT2D eigenvalue weighted by molar-refractivity contribution is 0.482. The quantitative estimate of drug-likeness (QED) is 0.673. The zero-order valence-corrected chi connectivity index (χ0v) is 9.47. The first-order valence-electron chi connectivity index (χ1n) is 5.32. The minimum Gasteiger partial charge on any atom is -0.207 e. The molecule has 0 heterocycles. The summed E-state index contributed by atoms with van der Waals surface area (Å²) in [7, 11) is 0. The van der Waals surface area contributed by atoms with Crippen LogP contribution in [0.1, 0.15) is 44.2 Å². The predicted octanol–water partition coefficient (Wildman–Crippen LogP) is 4.28. The smallest absolute Gasteiger partial charge is 0.123 e. The lowest BCUT2D eigenvalue weighted by Crippen LogP contribution is -2.07. The highest BCUT2D eigenvalue weighted by molar-refractivity contribution is 5.30. The Labute approximate surface area is 86.2 Å². The van der Waals surface area contributed by atoms with Crippen molar-refractivity contribution in [3.05, 3.63) is 35.1 Å². The molecular formula is C13H19F. The van der Waals surface area contributed by atoms with Crippen LogP contribution in [0.3, 0.4) is 0 Å². The van der Waals surface area contributed by atoms with Gasteiger partial charge in [0.05, 0.1) is 0 Å². The molecule has 0 fully saturated rings. The molecule has 1 rings (SSSR count). The van der Waals surface area contributed by atoms with E-state index in [0.29, 0.717) is 11.8 Å². The third-order valence-corrected chi connectivity index (χ3v) is 2.88. The van der Waals surface area contributed by atoms with Crippen LogP contribution < -0.4 is 0 Å². The van der Waals surface area contributed by atoms with Crippen molar-refractivity contribution in [2.24, 2.45) is 5.92 Å². The van der Waals surface area contributed by atoms with Crippen molar-refractivity contribution in [1.29, 1.82) is 0 Å². The fraction of sp³-hybridized carbons (Fsp3) is 0.538. The van der Waals surface area contributed by atoms with Gasteiger partial charge in [0.15, 0.2) is 0 Å². The number of halogens is 1. The molecule has 0 spiro atoms. The maximum atomic E-state index is 12.9. The van der Waals surface area contributed by atoms with Gasteiger partial charge >= 0.3 is 0 Å². The molecule has 14 heavy (non-hydrogen) atoms. The van der Waals surface area contributed by atoms with Crippen LogP contribution >= 0.6 is 0 Å². The molecule has 0 saturated carbocycles. The molecule has 0 aromatic heterocycles. The van der Waals surface area contributed by atoms with Crippen molar-refractivity contribution in [3.8, 4) is 0 Å². The minimum absolute atomic E-state index is 0.134. The second kappa shape index (κ2) is 4.59. The molecule has 0 aliphatic carbocycles. The molecule has 0 radical (unpaired) electrons. The summed E-state index contributed by atoms with van der Waals surface area (Å²) in [6, 6.07) is 5.12. The minimum atomic E-state index is -0.134. The van der Waals surface area contributed by atoms with E-state index in [9.17, 15) is 4.39 Å². The maximum absolute atomic E-state index is 12.9. The van der Waals surface area contributed by atoms with Gasteiger partial charge in [0.25, 0.3) is 0 Å². The second-order valence-corrected chi connectivity index (χ2v) is 4.26. The van der Waals surface area contributed by atoms with E-state index in [4.69, 9.17) is 0 Å². The first-order valence-corrected chi connectivity index (χ1v) is 5.32. The van der Waals surface area contributed by atoms with Crippen molar-refractivity contribution in [3.63, 3.8) is 0 Å². The molecule has 0 saturated heterocycles. The first-order chi connectivity index (χ1) is 6.56. The standard InChI is InChI=1S/C13H19F/c1-5-12(9(2)3)13-7-6-11(14)8-10(13)4/h6-9,12H,5H2,1-4H3. The molecule has 1 aromatic rings. The Morgan fingerprint density at radius 3 is 2.36 bits per heavy atom. The van der Waals surface area contributed by atoms with Gasteiger partial charge in [-0.2, -0.15) is 0 Å². The lowest BCUT2D eigenvalue weighted by atomic mass is 9.84. The summed E-state index contributed by atoms with van der Waals surface area (Å²) in [5.41, 5.74) is 2.37. The largest absolute Gasteiger partial charge is 0.207 e. The highest BCUT2D eigenvalue weighted by Crippen LogP contribution is 2.30. The molecule has 1 aromatic carbocycles. The molecule has 78 valence electrons. The fourth-order valence-corrected chi connectivity index (χ4v) is 2.11. The molecule has 0 aliphatic rings. The Hall–Kier alpha value is -0.850. The van der Waals surface area contributed by atoms with Crippen molar-refractivity contribution in [1.82, 2.24) is 0 Å². The van der Waals surface area contributed by atoms with Crippen molar-refractivity contribution in [2.45, 2.75) is 40.0 Å². The zero-order chi connectivity index (χ0) is 10.7. The van der Waals surface area contributed by atoms with E-state index in [0.717, 1.165) is 12.0 Å². The van der Waals surface area contributed by atoms with Crippen LogP contribution in [0, 0.1) is 18.7 Å². The highest BCUT2D eigenvalue weighted by Gasteiger charge is 2.15. The SMILES string of the molecule is CCC(c1ccc(F)cc1C)C(C)C. The predicted molar refractivity (Wildman–Crippen MR) is 59.0 cm³/mol. The Balaban J connectivity index is 3.04. The summed E-state index contributed by atoms with van der Waals surface area (Å²) in [6.45, 7) is 8.62. The number of aryl methyl sites for hydroxylation is 1. The van der Waals surface area contributed by atoms with Gasteiger partial charge in [-0.3, -0.25) is 0 Å². The number of rotatable bonds is 3. The van der Waals surface area contributed by atoms with Gasteiger partial charge in [0, 0.05) is 0 Å². The topological polar surface area (TPSA) is 0 Å². The highest BCUT2D eigenvalue weighted by atomic mass is 19.1. The van der Waals surface area contributed by atoms with E-state index in [1.165, 1.54) is 5.56 Å². The van der Waals surface area contributed by atoms with Gasteiger partial charge in [-0.25, -0.2) is 4.39 Å². The third-order valence-electron chi connectivity index (χ3n) is 2.88. The summed E-state index contributed by atoms with van der Waals surface area (Å²) >= 11 is 0. The average molecular weight is 194 g/mol. The Bertz CT molecular complexity index is 302. The Kier molecular flexibility index (Phi) is 3.68. The van der Waals surface area contributed by atoms with E-state index >= 15 is 0 Å². The molecule has 0 nitrogen and oxygen atoms in total. The molecule has 0 bridgehead atoms.